The molecule has 1 rings (SSSR count). The summed E-state index contributed by atoms with van der Waals surface area (Å²) < 4.78 is 24.0. The molecule has 0 saturated heterocycles. The molecule has 0 aromatic carbocycles. The summed E-state index contributed by atoms with van der Waals surface area (Å²) in [6, 6.07) is 0. The van der Waals surface area contributed by atoms with Gasteiger partial charge in [0.05, 0.1) is 11.0 Å². The lowest BCUT2D eigenvalue weighted by Crippen LogP contribution is -2.29. The first-order chi connectivity index (χ1) is 7.42. The van der Waals surface area contributed by atoms with Gasteiger partial charge in [-0.25, -0.2) is 8.42 Å². The van der Waals surface area contributed by atoms with Crippen LogP contribution in [-0.4, -0.2) is 25.2 Å². The molecule has 0 N–H and O–H groups in total. The molecule has 0 aromatic heterocycles. The van der Waals surface area contributed by atoms with Crippen LogP contribution in [0.3, 0.4) is 0 Å². The molecule has 0 heterocycles. The van der Waals surface area contributed by atoms with Crippen LogP contribution in [-0.2, 0) is 14.6 Å². The van der Waals surface area contributed by atoms with Crippen LogP contribution in [0.5, 0.6) is 0 Å². The van der Waals surface area contributed by atoms with Crippen LogP contribution < -0.4 is 0 Å². The van der Waals surface area contributed by atoms with Crippen molar-refractivity contribution in [2.75, 3.05) is 5.75 Å². The SMILES string of the molecule is CC(=O)CCCS(=O)(=O)C1CCCC(C)C1. The fraction of sp³-hybridized carbons (Fsp3) is 0.917. The Kier molecular flexibility index (Phi) is 4.96. The smallest absolute Gasteiger partial charge is 0.153 e. The van der Waals surface area contributed by atoms with Gasteiger partial charge >= 0.3 is 0 Å². The molecule has 0 aromatic rings. The number of Topliss-reactive ketones (excluding diaryl/α,β-unsaturated/α-hetero) is 1. The summed E-state index contributed by atoms with van der Waals surface area (Å²) in [7, 11) is -2.96. The number of hydrogen-bond acceptors (Lipinski definition) is 3. The molecule has 0 aliphatic heterocycles. The zero-order chi connectivity index (χ0) is 12.2. The van der Waals surface area contributed by atoms with Crippen LogP contribution in [0.2, 0.25) is 0 Å². The van der Waals surface area contributed by atoms with E-state index in [9.17, 15) is 13.2 Å². The van der Waals surface area contributed by atoms with E-state index in [1.54, 1.807) is 0 Å². The average Bonchev–Trinajstić information content (AvgIpc) is 2.16. The molecule has 3 nitrogen and oxygen atoms in total. The van der Waals surface area contributed by atoms with Gasteiger partial charge in [-0.2, -0.15) is 0 Å². The number of sulfone groups is 1. The van der Waals surface area contributed by atoms with Gasteiger partial charge in [0.1, 0.15) is 5.78 Å². The molecule has 2 unspecified atom stereocenters. The Morgan fingerprint density at radius 1 is 1.31 bits per heavy atom. The van der Waals surface area contributed by atoms with E-state index in [1.165, 1.54) is 6.92 Å². The fourth-order valence-corrected chi connectivity index (χ4v) is 4.42. The lowest BCUT2D eigenvalue weighted by atomic mass is 9.91. The summed E-state index contributed by atoms with van der Waals surface area (Å²) in [5.41, 5.74) is 0. The van der Waals surface area contributed by atoms with Gasteiger partial charge in [-0.05, 0) is 32.1 Å². The number of rotatable bonds is 5. The normalized spacial score (nSPS) is 26.6. The third kappa shape index (κ3) is 4.24. The van der Waals surface area contributed by atoms with E-state index in [1.807, 2.05) is 0 Å². The number of carbonyl (C=O) groups is 1. The lowest BCUT2D eigenvalue weighted by Gasteiger charge is -2.26. The maximum Gasteiger partial charge on any atom is 0.153 e. The Bertz CT molecular complexity index is 332. The van der Waals surface area contributed by atoms with Gasteiger partial charge < -0.3 is 4.79 Å². The minimum atomic E-state index is -2.96. The molecule has 2 atom stereocenters. The predicted molar refractivity (Wildman–Crippen MR) is 65.1 cm³/mol. The molecule has 0 bridgehead atoms. The van der Waals surface area contributed by atoms with Crippen LogP contribution >= 0.6 is 0 Å². The maximum atomic E-state index is 12.0. The first kappa shape index (κ1) is 13.7. The summed E-state index contributed by atoms with van der Waals surface area (Å²) in [4.78, 5) is 10.8. The maximum absolute atomic E-state index is 12.0. The third-order valence-electron chi connectivity index (χ3n) is 3.35. The Labute approximate surface area is 98.5 Å². The third-order valence-corrected chi connectivity index (χ3v) is 5.66. The summed E-state index contributed by atoms with van der Waals surface area (Å²) >= 11 is 0. The summed E-state index contributed by atoms with van der Waals surface area (Å²) in [5, 5.41) is -0.150. The van der Waals surface area contributed by atoms with E-state index in [2.05, 4.69) is 6.92 Å². The summed E-state index contributed by atoms with van der Waals surface area (Å²) in [6.07, 6.45) is 4.68. The predicted octanol–water partition coefficient (Wildman–Crippen LogP) is 2.35. The van der Waals surface area contributed by atoms with Gasteiger partial charge in [-0.1, -0.05) is 19.8 Å². The van der Waals surface area contributed by atoms with Gasteiger partial charge in [0.15, 0.2) is 9.84 Å². The zero-order valence-corrected chi connectivity index (χ0v) is 11.1. The van der Waals surface area contributed by atoms with Gasteiger partial charge in [0.2, 0.25) is 0 Å². The Morgan fingerprint density at radius 2 is 2.00 bits per heavy atom. The van der Waals surface area contributed by atoms with Crippen molar-refractivity contribution in [2.24, 2.45) is 5.92 Å². The molecule has 4 heteroatoms. The molecule has 1 aliphatic rings. The van der Waals surface area contributed by atoms with E-state index >= 15 is 0 Å². The minimum Gasteiger partial charge on any atom is -0.300 e. The van der Waals surface area contributed by atoms with Crippen LogP contribution in [0.15, 0.2) is 0 Å². The molecular formula is C12H22O3S. The Morgan fingerprint density at radius 3 is 2.56 bits per heavy atom. The van der Waals surface area contributed by atoms with E-state index in [0.29, 0.717) is 18.8 Å². The topological polar surface area (TPSA) is 51.2 Å². The second-order valence-corrected chi connectivity index (χ2v) is 7.47. The molecule has 1 saturated carbocycles. The first-order valence-corrected chi connectivity index (χ1v) is 7.84. The highest BCUT2D eigenvalue weighted by Gasteiger charge is 2.29. The van der Waals surface area contributed by atoms with Gasteiger partial charge in [0, 0.05) is 6.42 Å². The molecule has 0 amide bonds. The quantitative estimate of drug-likeness (QED) is 0.748. The van der Waals surface area contributed by atoms with Crippen molar-refractivity contribution in [3.05, 3.63) is 0 Å². The minimum absolute atomic E-state index is 0.0761. The average molecular weight is 246 g/mol. The first-order valence-electron chi connectivity index (χ1n) is 6.13. The summed E-state index contributed by atoms with van der Waals surface area (Å²) in [6.45, 7) is 3.63. The number of ketones is 1. The van der Waals surface area contributed by atoms with Crippen LogP contribution in [0.25, 0.3) is 0 Å². The zero-order valence-electron chi connectivity index (χ0n) is 10.2. The standard InChI is InChI=1S/C12H22O3S/c1-10-5-3-7-12(9-10)16(14,15)8-4-6-11(2)13/h10,12H,3-9H2,1-2H3. The highest BCUT2D eigenvalue weighted by molar-refractivity contribution is 7.92. The molecular weight excluding hydrogens is 224 g/mol. The van der Waals surface area contributed by atoms with Crippen molar-refractivity contribution >= 4 is 15.6 Å². The van der Waals surface area contributed by atoms with Gasteiger partial charge in [-0.3, -0.25) is 0 Å². The van der Waals surface area contributed by atoms with Crippen LogP contribution in [0.1, 0.15) is 52.4 Å². The second-order valence-electron chi connectivity index (χ2n) is 5.07. The van der Waals surface area contributed by atoms with Gasteiger partial charge in [-0.15, -0.1) is 0 Å². The van der Waals surface area contributed by atoms with Crippen LogP contribution in [0.4, 0.5) is 0 Å². The molecule has 16 heavy (non-hydrogen) atoms. The second kappa shape index (κ2) is 5.80. The number of carbonyl (C=O) groups excluding carboxylic acids is 1. The molecule has 0 radical (unpaired) electrons. The van der Waals surface area contributed by atoms with E-state index in [-0.39, 0.29) is 16.8 Å². The molecule has 94 valence electrons. The van der Waals surface area contributed by atoms with Crippen molar-refractivity contribution in [1.29, 1.82) is 0 Å². The summed E-state index contributed by atoms with van der Waals surface area (Å²) in [5.74, 6) is 0.790. The van der Waals surface area contributed by atoms with Crippen molar-refractivity contribution < 1.29 is 13.2 Å². The van der Waals surface area contributed by atoms with Crippen molar-refractivity contribution in [1.82, 2.24) is 0 Å². The highest BCUT2D eigenvalue weighted by atomic mass is 32.2. The monoisotopic (exact) mass is 246 g/mol. The van der Waals surface area contributed by atoms with Gasteiger partial charge in [0.25, 0.3) is 0 Å². The highest BCUT2D eigenvalue weighted by Crippen LogP contribution is 2.29. The van der Waals surface area contributed by atoms with E-state index in [4.69, 9.17) is 0 Å². The molecule has 0 spiro atoms. The fourth-order valence-electron chi connectivity index (χ4n) is 2.39. The largest absolute Gasteiger partial charge is 0.300 e. The van der Waals surface area contributed by atoms with E-state index in [0.717, 1.165) is 25.7 Å². The Hall–Kier alpha value is -0.380. The molecule has 1 fully saturated rings. The molecule has 1 aliphatic carbocycles. The Balaban J connectivity index is 2.46. The van der Waals surface area contributed by atoms with E-state index < -0.39 is 9.84 Å². The van der Waals surface area contributed by atoms with Crippen LogP contribution in [0, 0.1) is 5.92 Å². The number of hydrogen-bond donors (Lipinski definition) is 0. The lowest BCUT2D eigenvalue weighted by molar-refractivity contribution is -0.117. The van der Waals surface area contributed by atoms with Crippen molar-refractivity contribution in [3.8, 4) is 0 Å². The van der Waals surface area contributed by atoms with Crippen molar-refractivity contribution in [2.45, 2.75) is 57.6 Å². The van der Waals surface area contributed by atoms with Crippen molar-refractivity contribution in [3.63, 3.8) is 0 Å².